The molecule has 2 unspecified atom stereocenters. The molecule has 1 heterocycles. The molecule has 1 aliphatic heterocycles. The molecular weight excluding hydrogens is 212 g/mol. The van der Waals surface area contributed by atoms with Crippen molar-refractivity contribution in [1.82, 2.24) is 0 Å². The van der Waals surface area contributed by atoms with Gasteiger partial charge in [0.2, 0.25) is 0 Å². The maximum absolute atomic E-state index is 13.4. The summed E-state index contributed by atoms with van der Waals surface area (Å²) in [5, 5.41) is 0. The Morgan fingerprint density at radius 2 is 2.25 bits per heavy atom. The maximum Gasteiger partial charge on any atom is 0.163 e. The average Bonchev–Trinajstić information content (AvgIpc) is 2.74. The Kier molecular flexibility index (Phi) is 3.51. The fourth-order valence-corrected chi connectivity index (χ4v) is 2.05. The predicted octanol–water partition coefficient (Wildman–Crippen LogP) is 2.53. The van der Waals surface area contributed by atoms with E-state index in [1.54, 1.807) is 0 Å². The quantitative estimate of drug-likeness (QED) is 0.861. The van der Waals surface area contributed by atoms with E-state index in [1.807, 2.05) is 0 Å². The SMILES string of the molecule is NC(CC1CCCO1)c1cccc(F)c1F. The number of ether oxygens (including phenoxy) is 1. The van der Waals surface area contributed by atoms with E-state index in [2.05, 4.69) is 0 Å². The van der Waals surface area contributed by atoms with Gasteiger partial charge in [-0.3, -0.25) is 0 Å². The zero-order valence-corrected chi connectivity index (χ0v) is 8.96. The molecule has 1 saturated heterocycles. The van der Waals surface area contributed by atoms with E-state index < -0.39 is 17.7 Å². The first-order valence-electron chi connectivity index (χ1n) is 5.49. The van der Waals surface area contributed by atoms with Crippen molar-refractivity contribution in [3.05, 3.63) is 35.4 Å². The third-order valence-electron chi connectivity index (χ3n) is 2.92. The van der Waals surface area contributed by atoms with Crippen LogP contribution < -0.4 is 5.73 Å². The first-order chi connectivity index (χ1) is 7.68. The smallest absolute Gasteiger partial charge is 0.163 e. The minimum atomic E-state index is -0.847. The van der Waals surface area contributed by atoms with Crippen LogP contribution in [-0.2, 0) is 4.74 Å². The lowest BCUT2D eigenvalue weighted by Crippen LogP contribution is -2.19. The Hall–Kier alpha value is -1.00. The largest absolute Gasteiger partial charge is 0.378 e. The molecule has 2 rings (SSSR count). The van der Waals surface area contributed by atoms with Crippen molar-refractivity contribution in [3.63, 3.8) is 0 Å². The van der Waals surface area contributed by atoms with Crippen molar-refractivity contribution in [2.45, 2.75) is 31.4 Å². The van der Waals surface area contributed by atoms with Crippen LogP contribution in [0.3, 0.4) is 0 Å². The van der Waals surface area contributed by atoms with Gasteiger partial charge in [-0.15, -0.1) is 0 Å². The van der Waals surface area contributed by atoms with E-state index >= 15 is 0 Å². The van der Waals surface area contributed by atoms with Crippen molar-refractivity contribution in [1.29, 1.82) is 0 Å². The summed E-state index contributed by atoms with van der Waals surface area (Å²) in [7, 11) is 0. The third kappa shape index (κ3) is 2.39. The molecule has 2 nitrogen and oxygen atoms in total. The fourth-order valence-electron chi connectivity index (χ4n) is 2.05. The molecule has 0 spiro atoms. The van der Waals surface area contributed by atoms with Crippen LogP contribution >= 0.6 is 0 Å². The number of halogens is 2. The number of hydrogen-bond donors (Lipinski definition) is 1. The van der Waals surface area contributed by atoms with Crippen molar-refractivity contribution < 1.29 is 13.5 Å². The molecule has 88 valence electrons. The maximum atomic E-state index is 13.4. The number of benzene rings is 1. The van der Waals surface area contributed by atoms with Crippen LogP contribution in [-0.4, -0.2) is 12.7 Å². The van der Waals surface area contributed by atoms with Crippen LogP contribution in [0.2, 0.25) is 0 Å². The first-order valence-corrected chi connectivity index (χ1v) is 5.49. The second kappa shape index (κ2) is 4.89. The van der Waals surface area contributed by atoms with E-state index in [-0.39, 0.29) is 11.7 Å². The Morgan fingerprint density at radius 3 is 2.94 bits per heavy atom. The van der Waals surface area contributed by atoms with Crippen molar-refractivity contribution in [3.8, 4) is 0 Å². The summed E-state index contributed by atoms with van der Waals surface area (Å²) in [4.78, 5) is 0. The van der Waals surface area contributed by atoms with Gasteiger partial charge in [0.25, 0.3) is 0 Å². The van der Waals surface area contributed by atoms with Crippen molar-refractivity contribution >= 4 is 0 Å². The van der Waals surface area contributed by atoms with Gasteiger partial charge in [-0.1, -0.05) is 12.1 Å². The Labute approximate surface area is 93.4 Å². The van der Waals surface area contributed by atoms with Gasteiger partial charge in [0, 0.05) is 18.2 Å². The van der Waals surface area contributed by atoms with Crippen LogP contribution in [0.15, 0.2) is 18.2 Å². The summed E-state index contributed by atoms with van der Waals surface area (Å²) in [6, 6.07) is 3.59. The highest BCUT2D eigenvalue weighted by Gasteiger charge is 2.22. The van der Waals surface area contributed by atoms with Crippen LogP contribution in [0, 0.1) is 11.6 Å². The molecule has 1 fully saturated rings. The lowest BCUT2D eigenvalue weighted by atomic mass is 9.99. The van der Waals surface area contributed by atoms with Gasteiger partial charge in [-0.2, -0.15) is 0 Å². The van der Waals surface area contributed by atoms with Gasteiger partial charge in [0.05, 0.1) is 6.10 Å². The van der Waals surface area contributed by atoms with Crippen LogP contribution in [0.5, 0.6) is 0 Å². The number of rotatable bonds is 3. The lowest BCUT2D eigenvalue weighted by Gasteiger charge is -2.17. The standard InChI is InChI=1S/C12H15F2NO/c13-10-5-1-4-9(12(10)14)11(15)7-8-3-2-6-16-8/h1,4-5,8,11H,2-3,6-7,15H2. The summed E-state index contributed by atoms with van der Waals surface area (Å²) >= 11 is 0. The highest BCUT2D eigenvalue weighted by Crippen LogP contribution is 2.25. The molecule has 0 aliphatic carbocycles. The summed E-state index contributed by atoms with van der Waals surface area (Å²) < 4.78 is 31.8. The van der Waals surface area contributed by atoms with E-state index in [0.717, 1.165) is 25.5 Å². The Balaban J connectivity index is 2.07. The van der Waals surface area contributed by atoms with Crippen molar-refractivity contribution in [2.24, 2.45) is 5.73 Å². The molecule has 0 bridgehead atoms. The van der Waals surface area contributed by atoms with Gasteiger partial charge >= 0.3 is 0 Å². The van der Waals surface area contributed by atoms with Crippen LogP contribution in [0.25, 0.3) is 0 Å². The molecule has 0 radical (unpaired) electrons. The van der Waals surface area contributed by atoms with Crippen LogP contribution in [0.4, 0.5) is 8.78 Å². The number of hydrogen-bond acceptors (Lipinski definition) is 2. The highest BCUT2D eigenvalue weighted by molar-refractivity contribution is 5.22. The van der Waals surface area contributed by atoms with Gasteiger partial charge in [-0.25, -0.2) is 8.78 Å². The molecule has 0 amide bonds. The molecular formula is C12H15F2NO. The highest BCUT2D eigenvalue weighted by atomic mass is 19.2. The molecule has 4 heteroatoms. The zero-order valence-electron chi connectivity index (χ0n) is 8.96. The minimum Gasteiger partial charge on any atom is -0.378 e. The lowest BCUT2D eigenvalue weighted by molar-refractivity contribution is 0.0980. The number of nitrogens with two attached hydrogens (primary N) is 1. The Morgan fingerprint density at radius 1 is 1.44 bits per heavy atom. The molecule has 1 aromatic rings. The topological polar surface area (TPSA) is 35.2 Å². The second-order valence-electron chi connectivity index (χ2n) is 4.12. The molecule has 16 heavy (non-hydrogen) atoms. The van der Waals surface area contributed by atoms with Gasteiger partial charge in [0.1, 0.15) is 0 Å². The van der Waals surface area contributed by atoms with Gasteiger partial charge < -0.3 is 10.5 Å². The second-order valence-corrected chi connectivity index (χ2v) is 4.12. The molecule has 0 saturated carbocycles. The molecule has 2 atom stereocenters. The summed E-state index contributed by atoms with van der Waals surface area (Å²) in [5.74, 6) is -1.69. The van der Waals surface area contributed by atoms with E-state index in [4.69, 9.17) is 10.5 Å². The molecule has 0 aromatic heterocycles. The fraction of sp³-hybridized carbons (Fsp3) is 0.500. The molecule has 1 aliphatic rings. The summed E-state index contributed by atoms with van der Waals surface area (Å²) in [6.45, 7) is 0.739. The van der Waals surface area contributed by atoms with Crippen LogP contribution in [0.1, 0.15) is 30.9 Å². The van der Waals surface area contributed by atoms with E-state index in [1.165, 1.54) is 12.1 Å². The Bertz CT molecular complexity index is 364. The normalized spacial score (nSPS) is 22.3. The van der Waals surface area contributed by atoms with Gasteiger partial charge in [-0.05, 0) is 25.3 Å². The minimum absolute atomic E-state index is 0.0812. The monoisotopic (exact) mass is 227 g/mol. The van der Waals surface area contributed by atoms with Crippen molar-refractivity contribution in [2.75, 3.05) is 6.61 Å². The summed E-state index contributed by atoms with van der Waals surface area (Å²) in [6.07, 6.45) is 2.59. The molecule has 2 N–H and O–H groups in total. The first kappa shape index (κ1) is 11.5. The third-order valence-corrected chi connectivity index (χ3v) is 2.92. The zero-order chi connectivity index (χ0) is 11.5. The van der Waals surface area contributed by atoms with E-state index in [0.29, 0.717) is 6.42 Å². The van der Waals surface area contributed by atoms with Gasteiger partial charge in [0.15, 0.2) is 11.6 Å². The predicted molar refractivity (Wildman–Crippen MR) is 56.9 cm³/mol. The molecule has 1 aromatic carbocycles. The summed E-state index contributed by atoms with van der Waals surface area (Å²) in [5.41, 5.74) is 6.09. The average molecular weight is 227 g/mol. The van der Waals surface area contributed by atoms with E-state index in [9.17, 15) is 8.78 Å².